The van der Waals surface area contributed by atoms with Gasteiger partial charge in [0.15, 0.2) is 0 Å². The van der Waals surface area contributed by atoms with Gasteiger partial charge in [0.2, 0.25) is 11.8 Å². The van der Waals surface area contributed by atoms with Crippen molar-refractivity contribution in [3.05, 3.63) is 12.2 Å². The molecule has 0 aromatic rings. The summed E-state index contributed by atoms with van der Waals surface area (Å²) in [6, 6.07) is -0.835. The van der Waals surface area contributed by atoms with E-state index in [1.54, 1.807) is 13.8 Å². The number of carbonyl (C=O) groups is 5. The number of carboxylic acid groups (broad SMARTS) is 2. The van der Waals surface area contributed by atoms with Crippen molar-refractivity contribution in [1.82, 2.24) is 10.6 Å². The Labute approximate surface area is 362 Å². The van der Waals surface area contributed by atoms with Crippen molar-refractivity contribution in [2.24, 2.45) is 68.0 Å². The molecule has 0 aromatic heterocycles. The van der Waals surface area contributed by atoms with E-state index in [0.29, 0.717) is 43.1 Å². The summed E-state index contributed by atoms with van der Waals surface area (Å²) in [5.74, 6) is -0.177. The van der Waals surface area contributed by atoms with E-state index in [2.05, 4.69) is 58.8 Å². The minimum Gasteiger partial charge on any atom is -0.481 e. The number of allylic oxidation sites excluding steroid dienone is 1. The molecule has 4 N–H and O–H groups in total. The topological polar surface area (TPSA) is 159 Å². The molecule has 10 nitrogen and oxygen atoms in total. The van der Waals surface area contributed by atoms with Gasteiger partial charge in [-0.15, -0.1) is 0 Å². The highest BCUT2D eigenvalue weighted by Crippen LogP contribution is 2.77. The Kier molecular flexibility index (Phi) is 14.5. The van der Waals surface area contributed by atoms with Gasteiger partial charge in [-0.25, -0.2) is 4.79 Å². The second-order valence-corrected chi connectivity index (χ2v) is 22.9. The molecule has 3 unspecified atom stereocenters. The molecule has 340 valence electrons. The van der Waals surface area contributed by atoms with E-state index in [1.807, 2.05) is 13.8 Å². The second-order valence-electron chi connectivity index (χ2n) is 22.9. The molecule has 0 aliphatic heterocycles. The van der Waals surface area contributed by atoms with Crippen LogP contribution in [0.2, 0.25) is 0 Å². The van der Waals surface area contributed by atoms with Crippen molar-refractivity contribution in [2.45, 2.75) is 197 Å². The van der Waals surface area contributed by atoms with Gasteiger partial charge in [0, 0.05) is 18.4 Å². The molecule has 11 atom stereocenters. The fraction of sp³-hybridized carbons (Fsp3) is 0.860. The van der Waals surface area contributed by atoms with Crippen LogP contribution in [-0.4, -0.2) is 58.6 Å². The summed E-state index contributed by atoms with van der Waals surface area (Å²) in [6.07, 6.45) is 15.0. The highest BCUT2D eigenvalue weighted by molar-refractivity contribution is 5.84. The Bertz CT molecular complexity index is 1640. The van der Waals surface area contributed by atoms with Gasteiger partial charge in [0.05, 0.1) is 17.3 Å². The molecule has 0 bridgehead atoms. The lowest BCUT2D eigenvalue weighted by molar-refractivity contribution is -0.249. The van der Waals surface area contributed by atoms with Crippen molar-refractivity contribution < 1.29 is 38.9 Å². The molecule has 60 heavy (non-hydrogen) atoms. The van der Waals surface area contributed by atoms with Gasteiger partial charge in [0.25, 0.3) is 0 Å². The summed E-state index contributed by atoms with van der Waals surface area (Å²) >= 11 is 0. The number of nitrogens with one attached hydrogen (secondary N) is 2. The number of carbonyl (C=O) groups excluding carboxylic acids is 3. The van der Waals surface area contributed by atoms with Crippen LogP contribution in [-0.2, 0) is 28.7 Å². The first-order chi connectivity index (χ1) is 27.9. The largest absolute Gasteiger partial charge is 0.481 e. The summed E-state index contributed by atoms with van der Waals surface area (Å²) in [4.78, 5) is 63.3. The molecule has 2 amide bonds. The lowest BCUT2D eigenvalue weighted by Gasteiger charge is -2.72. The highest BCUT2D eigenvalue weighted by atomic mass is 16.5. The maximum Gasteiger partial charge on any atom is 0.326 e. The number of esters is 1. The number of hydrogen-bond acceptors (Lipinski definition) is 6. The summed E-state index contributed by atoms with van der Waals surface area (Å²) in [7, 11) is 0. The molecule has 5 aliphatic carbocycles. The first-order valence-corrected chi connectivity index (χ1v) is 23.8. The van der Waals surface area contributed by atoms with Crippen molar-refractivity contribution in [2.75, 3.05) is 6.54 Å². The molecule has 5 saturated carbocycles. The molecule has 0 radical (unpaired) electrons. The van der Waals surface area contributed by atoms with Gasteiger partial charge in [0.1, 0.15) is 12.1 Å². The van der Waals surface area contributed by atoms with E-state index < -0.39 is 29.4 Å². The summed E-state index contributed by atoms with van der Waals surface area (Å²) in [5.41, 5.74) is -0.255. The van der Waals surface area contributed by atoms with Crippen LogP contribution in [0.25, 0.3) is 0 Å². The normalized spacial score (nSPS) is 36.1. The average Bonchev–Trinajstić information content (AvgIpc) is 3.55. The smallest absolute Gasteiger partial charge is 0.326 e. The monoisotopic (exact) mass is 839 g/mol. The minimum atomic E-state index is -1.17. The first-order valence-electron chi connectivity index (χ1n) is 23.8. The zero-order valence-corrected chi connectivity index (χ0v) is 39.1. The summed E-state index contributed by atoms with van der Waals surface area (Å²) in [5, 5.41) is 25.2. The van der Waals surface area contributed by atoms with Crippen LogP contribution in [0.5, 0.6) is 0 Å². The second kappa shape index (κ2) is 18.1. The van der Waals surface area contributed by atoms with Gasteiger partial charge >= 0.3 is 17.9 Å². The zero-order valence-electron chi connectivity index (χ0n) is 39.1. The Morgan fingerprint density at radius 3 is 2.10 bits per heavy atom. The third-order valence-corrected chi connectivity index (χ3v) is 18.1. The van der Waals surface area contributed by atoms with Crippen molar-refractivity contribution in [1.29, 1.82) is 0 Å². The maximum absolute atomic E-state index is 14.6. The number of amides is 2. The molecule has 0 spiro atoms. The lowest BCUT2D eigenvalue weighted by Crippen LogP contribution is -2.67. The number of aliphatic carboxylic acids is 2. The predicted molar refractivity (Wildman–Crippen MR) is 235 cm³/mol. The van der Waals surface area contributed by atoms with Crippen molar-refractivity contribution >= 4 is 29.7 Å². The van der Waals surface area contributed by atoms with E-state index in [9.17, 15) is 34.2 Å². The molecular weight excluding hydrogens is 757 g/mol. The lowest BCUT2D eigenvalue weighted by atomic mass is 9.32. The van der Waals surface area contributed by atoms with Crippen LogP contribution in [0.1, 0.15) is 185 Å². The number of ether oxygens (including phenoxy) is 1. The fourth-order valence-electron chi connectivity index (χ4n) is 14.6. The Hall–Kier alpha value is -2.91. The fourth-order valence-corrected chi connectivity index (χ4v) is 14.6. The third kappa shape index (κ3) is 8.96. The van der Waals surface area contributed by atoms with Gasteiger partial charge < -0.3 is 25.6 Å². The van der Waals surface area contributed by atoms with E-state index in [-0.39, 0.29) is 63.2 Å². The van der Waals surface area contributed by atoms with Crippen LogP contribution in [0.3, 0.4) is 0 Å². The SMILES string of the molecule is C=C(C)[C@@H]1CC[C@]2(C(=O)NCCCCCCCC(=O)NC(CC(C)C)C(=O)O)CC[C@]3(C)[C@H](CCC4[C@@]5(C)CCC(OC(=O)CC(C)(C)C(=O)O)C(C)(C)[C@@H]5CC[C@]43C)[C@@H]12. The molecule has 5 rings (SSSR count). The summed E-state index contributed by atoms with van der Waals surface area (Å²) in [6.45, 7) is 26.7. The van der Waals surface area contributed by atoms with Gasteiger partial charge in [-0.2, -0.15) is 0 Å². The molecule has 0 saturated heterocycles. The van der Waals surface area contributed by atoms with Crippen LogP contribution in [0, 0.1) is 68.0 Å². The van der Waals surface area contributed by atoms with Gasteiger partial charge in [-0.3, -0.25) is 19.2 Å². The van der Waals surface area contributed by atoms with Crippen molar-refractivity contribution in [3.8, 4) is 0 Å². The quantitative estimate of drug-likeness (QED) is 0.0603. The zero-order chi connectivity index (χ0) is 44.6. The van der Waals surface area contributed by atoms with E-state index in [4.69, 9.17) is 4.74 Å². The standard InChI is InChI=1S/C50H82N2O8/c1-31(2)29-35(42(55)56)52-39(53)17-15-13-12-14-16-28-51-43(57)50-25-20-33(32(3)4)41(50)34-18-19-37-47(9)23-22-38(60-40(54)30-45(5,6)44(58)59)46(7,8)36(47)21-24-49(37,11)48(34,10)26-27-50/h31,33-38,41H,3,12-30H2,1-2,4-11H3,(H,51,57)(H,52,53)(H,55,56)(H,58,59)/t33-,34+,35?,36-,37?,38?,41+,47-,48+,49+,50-/m0/s1. The van der Waals surface area contributed by atoms with Gasteiger partial charge in [-0.1, -0.05) is 79.9 Å². The maximum atomic E-state index is 14.6. The van der Waals surface area contributed by atoms with Gasteiger partial charge in [-0.05, 0) is 156 Å². The first kappa shape index (κ1) is 48.1. The van der Waals surface area contributed by atoms with Crippen LogP contribution in [0.15, 0.2) is 12.2 Å². The Balaban J connectivity index is 1.20. The number of unbranched alkanes of at least 4 members (excludes halogenated alkanes) is 4. The molecular formula is C50H82N2O8. The predicted octanol–water partition coefficient (Wildman–Crippen LogP) is 10.1. The molecule has 0 aromatic carbocycles. The van der Waals surface area contributed by atoms with Crippen molar-refractivity contribution in [3.63, 3.8) is 0 Å². The highest BCUT2D eigenvalue weighted by Gasteiger charge is 2.72. The van der Waals surface area contributed by atoms with Crippen LogP contribution >= 0.6 is 0 Å². The van der Waals surface area contributed by atoms with E-state index >= 15 is 0 Å². The molecule has 5 fully saturated rings. The van der Waals surface area contributed by atoms with Crippen LogP contribution in [0.4, 0.5) is 0 Å². The number of hydrogen-bond donors (Lipinski definition) is 4. The Morgan fingerprint density at radius 2 is 1.47 bits per heavy atom. The average molecular weight is 839 g/mol. The van der Waals surface area contributed by atoms with Crippen LogP contribution < -0.4 is 10.6 Å². The number of fused-ring (bicyclic) bond motifs is 7. The van der Waals surface area contributed by atoms with E-state index in [0.717, 1.165) is 96.3 Å². The molecule has 10 heteroatoms. The third-order valence-electron chi connectivity index (χ3n) is 18.1. The molecule has 5 aliphatic rings. The number of rotatable bonds is 18. The minimum absolute atomic E-state index is 0.0894. The summed E-state index contributed by atoms with van der Waals surface area (Å²) < 4.78 is 6.18. The number of carboxylic acids is 2. The molecule has 0 heterocycles. The van der Waals surface area contributed by atoms with E-state index in [1.165, 1.54) is 5.57 Å². The Morgan fingerprint density at radius 1 is 0.800 bits per heavy atom.